The zero-order valence-corrected chi connectivity index (χ0v) is 10.1. The molecule has 0 unspecified atom stereocenters. The summed E-state index contributed by atoms with van der Waals surface area (Å²) in [6.45, 7) is 0.0206. The van der Waals surface area contributed by atoms with Gasteiger partial charge in [0.1, 0.15) is 6.54 Å². The van der Waals surface area contributed by atoms with Crippen LogP contribution in [-0.4, -0.2) is 19.3 Å². The lowest BCUT2D eigenvalue weighted by molar-refractivity contribution is -0.115. The molecule has 1 aromatic carbocycles. The molecule has 2 N–H and O–H groups in total. The maximum Gasteiger partial charge on any atom is 0.405 e. The molecule has 0 spiro atoms. The predicted molar refractivity (Wildman–Crippen MR) is 65.6 cm³/mol. The molecule has 1 fully saturated rings. The first-order valence-electron chi connectivity index (χ1n) is 6.18. The molecule has 1 aliphatic rings. The summed E-state index contributed by atoms with van der Waals surface area (Å²) in [5.41, 5.74) is 1.65. The molecule has 2 rings (SSSR count). The number of anilines is 1. The van der Waals surface area contributed by atoms with Crippen LogP contribution in [-0.2, 0) is 0 Å². The van der Waals surface area contributed by atoms with Gasteiger partial charge in [-0.05, 0) is 37.1 Å². The van der Waals surface area contributed by atoms with Gasteiger partial charge in [-0.15, -0.1) is 0 Å². The molecule has 5 heteroatoms. The van der Waals surface area contributed by atoms with Crippen LogP contribution in [0, 0.1) is 0 Å². The Kier molecular flexibility index (Phi) is 4.11. The molecule has 1 saturated heterocycles. The summed E-state index contributed by atoms with van der Waals surface area (Å²) in [7, 11) is 0. The molecular formula is C13H17F3N2. The van der Waals surface area contributed by atoms with Crippen molar-refractivity contribution in [2.24, 2.45) is 0 Å². The fourth-order valence-electron chi connectivity index (χ4n) is 2.17. The molecule has 1 aromatic rings. The van der Waals surface area contributed by atoms with E-state index in [2.05, 4.69) is 10.6 Å². The van der Waals surface area contributed by atoms with E-state index in [1.165, 1.54) is 12.8 Å². The van der Waals surface area contributed by atoms with Crippen molar-refractivity contribution in [3.8, 4) is 0 Å². The zero-order valence-electron chi connectivity index (χ0n) is 10.1. The lowest BCUT2D eigenvalue weighted by atomic mass is 9.97. The van der Waals surface area contributed by atoms with E-state index in [-0.39, 0.29) is 0 Å². The van der Waals surface area contributed by atoms with Gasteiger partial charge in [0.2, 0.25) is 0 Å². The van der Waals surface area contributed by atoms with Crippen LogP contribution in [0.2, 0.25) is 0 Å². The molecule has 18 heavy (non-hydrogen) atoms. The van der Waals surface area contributed by atoms with Crippen molar-refractivity contribution < 1.29 is 13.2 Å². The van der Waals surface area contributed by atoms with Crippen molar-refractivity contribution in [2.75, 3.05) is 18.4 Å². The number of hydrogen-bond donors (Lipinski definition) is 2. The smallest absolute Gasteiger partial charge is 0.376 e. The van der Waals surface area contributed by atoms with Crippen LogP contribution >= 0.6 is 0 Å². The van der Waals surface area contributed by atoms with Crippen molar-refractivity contribution in [3.63, 3.8) is 0 Å². The van der Waals surface area contributed by atoms with Gasteiger partial charge in [0.05, 0.1) is 0 Å². The maximum absolute atomic E-state index is 12.0. The minimum absolute atomic E-state index is 0.343. The molecule has 0 bridgehead atoms. The molecule has 2 nitrogen and oxygen atoms in total. The summed E-state index contributed by atoms with van der Waals surface area (Å²) in [5, 5.41) is 5.78. The van der Waals surface area contributed by atoms with Crippen molar-refractivity contribution in [3.05, 3.63) is 29.8 Å². The van der Waals surface area contributed by atoms with Crippen LogP contribution in [0.15, 0.2) is 24.3 Å². The molecular weight excluding hydrogens is 241 g/mol. The molecule has 0 aliphatic carbocycles. The highest BCUT2D eigenvalue weighted by molar-refractivity contribution is 5.45. The van der Waals surface area contributed by atoms with Crippen LogP contribution in [0.4, 0.5) is 18.9 Å². The van der Waals surface area contributed by atoms with Crippen molar-refractivity contribution in [1.82, 2.24) is 5.32 Å². The van der Waals surface area contributed by atoms with E-state index < -0.39 is 12.7 Å². The Morgan fingerprint density at radius 2 is 1.89 bits per heavy atom. The van der Waals surface area contributed by atoms with Gasteiger partial charge in [-0.1, -0.05) is 18.6 Å². The minimum Gasteiger partial charge on any atom is -0.376 e. The van der Waals surface area contributed by atoms with E-state index in [4.69, 9.17) is 0 Å². The summed E-state index contributed by atoms with van der Waals surface area (Å²) in [5.74, 6) is 0. The normalized spacial score (nSPS) is 20.7. The maximum atomic E-state index is 12.0. The summed E-state index contributed by atoms with van der Waals surface area (Å²) >= 11 is 0. The Morgan fingerprint density at radius 3 is 2.44 bits per heavy atom. The lowest BCUT2D eigenvalue weighted by Crippen LogP contribution is -2.26. The average molecular weight is 258 g/mol. The SMILES string of the molecule is FC(F)(F)CNc1ccc([C@@H]2CCCCN2)cc1. The fraction of sp³-hybridized carbons (Fsp3) is 0.538. The van der Waals surface area contributed by atoms with Crippen LogP contribution in [0.25, 0.3) is 0 Å². The van der Waals surface area contributed by atoms with Crippen LogP contribution in [0.1, 0.15) is 30.9 Å². The summed E-state index contributed by atoms with van der Waals surface area (Å²) in [4.78, 5) is 0. The fourth-order valence-corrected chi connectivity index (χ4v) is 2.17. The minimum atomic E-state index is -4.18. The summed E-state index contributed by atoms with van der Waals surface area (Å²) < 4.78 is 36.1. The van der Waals surface area contributed by atoms with Gasteiger partial charge in [0.15, 0.2) is 0 Å². The second kappa shape index (κ2) is 5.61. The largest absolute Gasteiger partial charge is 0.405 e. The lowest BCUT2D eigenvalue weighted by Gasteiger charge is -2.24. The quantitative estimate of drug-likeness (QED) is 0.867. The Bertz CT molecular complexity index is 367. The highest BCUT2D eigenvalue weighted by Crippen LogP contribution is 2.24. The topological polar surface area (TPSA) is 24.1 Å². The third-order valence-electron chi connectivity index (χ3n) is 3.12. The molecule has 0 aromatic heterocycles. The number of hydrogen-bond acceptors (Lipinski definition) is 2. The molecule has 100 valence electrons. The monoisotopic (exact) mass is 258 g/mol. The number of piperidine rings is 1. The molecule has 0 radical (unpaired) electrons. The third-order valence-corrected chi connectivity index (χ3v) is 3.12. The first-order chi connectivity index (χ1) is 8.54. The van der Waals surface area contributed by atoms with Gasteiger partial charge in [-0.3, -0.25) is 0 Å². The van der Waals surface area contributed by atoms with Gasteiger partial charge in [-0.2, -0.15) is 13.2 Å². The first kappa shape index (κ1) is 13.2. The number of alkyl halides is 3. The molecule has 1 heterocycles. The van der Waals surface area contributed by atoms with Gasteiger partial charge < -0.3 is 10.6 Å². The van der Waals surface area contributed by atoms with Gasteiger partial charge >= 0.3 is 6.18 Å². The molecule has 1 aliphatic heterocycles. The highest BCUT2D eigenvalue weighted by Gasteiger charge is 2.26. The number of rotatable bonds is 3. The van der Waals surface area contributed by atoms with Gasteiger partial charge in [0, 0.05) is 11.7 Å². The Morgan fingerprint density at radius 1 is 1.17 bits per heavy atom. The number of halogens is 3. The molecule has 1 atom stereocenters. The second-order valence-electron chi connectivity index (χ2n) is 4.59. The summed E-state index contributed by atoms with van der Waals surface area (Å²) in [6.07, 6.45) is -0.688. The molecule has 0 amide bonds. The van der Waals surface area contributed by atoms with E-state index >= 15 is 0 Å². The van der Waals surface area contributed by atoms with E-state index in [1.807, 2.05) is 12.1 Å². The van der Waals surface area contributed by atoms with E-state index in [9.17, 15) is 13.2 Å². The summed E-state index contributed by atoms with van der Waals surface area (Å²) in [6, 6.07) is 7.54. The van der Waals surface area contributed by atoms with Gasteiger partial charge in [0.25, 0.3) is 0 Å². The molecule has 0 saturated carbocycles. The van der Waals surface area contributed by atoms with E-state index in [1.54, 1.807) is 12.1 Å². The van der Waals surface area contributed by atoms with Crippen LogP contribution in [0.3, 0.4) is 0 Å². The van der Waals surface area contributed by atoms with Crippen LogP contribution < -0.4 is 10.6 Å². The zero-order chi connectivity index (χ0) is 13.0. The van der Waals surface area contributed by atoms with Crippen molar-refractivity contribution in [1.29, 1.82) is 0 Å². The number of nitrogens with one attached hydrogen (secondary N) is 2. The Balaban J connectivity index is 1.92. The second-order valence-corrected chi connectivity index (χ2v) is 4.59. The van der Waals surface area contributed by atoms with Crippen LogP contribution in [0.5, 0.6) is 0 Å². The van der Waals surface area contributed by atoms with E-state index in [0.29, 0.717) is 11.7 Å². The average Bonchev–Trinajstić information content (AvgIpc) is 2.37. The highest BCUT2D eigenvalue weighted by atomic mass is 19.4. The van der Waals surface area contributed by atoms with Crippen molar-refractivity contribution in [2.45, 2.75) is 31.5 Å². The first-order valence-corrected chi connectivity index (χ1v) is 6.18. The predicted octanol–water partition coefficient (Wildman–Crippen LogP) is 3.48. The van der Waals surface area contributed by atoms with E-state index in [0.717, 1.165) is 18.5 Å². The Labute approximate surface area is 105 Å². The van der Waals surface area contributed by atoms with Gasteiger partial charge in [-0.25, -0.2) is 0 Å². The standard InChI is InChI=1S/C13H17F3N2/c14-13(15,16)9-18-11-6-4-10(5-7-11)12-3-1-2-8-17-12/h4-7,12,17-18H,1-3,8-9H2/t12-/m0/s1. The number of benzene rings is 1. The van der Waals surface area contributed by atoms with Crippen molar-refractivity contribution >= 4 is 5.69 Å². The Hall–Kier alpha value is -1.23. The third kappa shape index (κ3) is 3.91.